The van der Waals surface area contributed by atoms with Crippen molar-refractivity contribution in [2.75, 3.05) is 13.1 Å². The lowest BCUT2D eigenvalue weighted by Crippen LogP contribution is -2.45. The van der Waals surface area contributed by atoms with Crippen LogP contribution in [0.2, 0.25) is 0 Å². The smallest absolute Gasteiger partial charge is 0.226 e. The number of nitrogens with one attached hydrogen (secondary N) is 1. The summed E-state index contributed by atoms with van der Waals surface area (Å²) in [6.07, 6.45) is 2.80. The monoisotopic (exact) mass is 328 g/mol. The molecule has 0 saturated carbocycles. The Morgan fingerprint density at radius 2 is 2.21 bits per heavy atom. The largest absolute Gasteiger partial charge is 0.459 e. The maximum absolute atomic E-state index is 13.1. The molecule has 1 saturated heterocycles. The van der Waals surface area contributed by atoms with Gasteiger partial charge in [0.15, 0.2) is 0 Å². The summed E-state index contributed by atoms with van der Waals surface area (Å²) >= 11 is 0. The number of para-hydroxylation sites is 1. The van der Waals surface area contributed by atoms with E-state index < -0.39 is 0 Å². The predicted octanol–water partition coefficient (Wildman–Crippen LogP) is 4.12. The van der Waals surface area contributed by atoms with Gasteiger partial charge in [0, 0.05) is 23.9 Å². The first-order valence-corrected chi connectivity index (χ1v) is 9.12. The second kappa shape index (κ2) is 7.39. The summed E-state index contributed by atoms with van der Waals surface area (Å²) < 4.78 is 6.01. The number of carbonyl (C=O) groups excluding carboxylic acids is 1. The van der Waals surface area contributed by atoms with Crippen LogP contribution in [0.5, 0.6) is 0 Å². The Labute approximate surface area is 144 Å². The normalized spacial score (nSPS) is 22.5. The number of fused-ring (bicyclic) bond motifs is 1. The van der Waals surface area contributed by atoms with Crippen molar-refractivity contribution in [3.05, 3.63) is 36.1 Å². The van der Waals surface area contributed by atoms with Crippen LogP contribution in [-0.2, 0) is 4.79 Å². The van der Waals surface area contributed by atoms with Crippen molar-refractivity contribution < 1.29 is 9.21 Å². The van der Waals surface area contributed by atoms with Crippen LogP contribution in [0, 0.1) is 5.92 Å². The summed E-state index contributed by atoms with van der Waals surface area (Å²) in [7, 11) is 0. The SMILES string of the molecule is CCCN(C(=O)[C@H]1CCN[C@@H](C)C1)C(C)c1cc2ccccc2o1. The maximum Gasteiger partial charge on any atom is 0.226 e. The van der Waals surface area contributed by atoms with E-state index in [1.165, 1.54) is 0 Å². The molecule has 0 bridgehead atoms. The average molecular weight is 328 g/mol. The Balaban J connectivity index is 1.82. The zero-order chi connectivity index (χ0) is 17.1. The van der Waals surface area contributed by atoms with Crippen LogP contribution in [0.4, 0.5) is 0 Å². The summed E-state index contributed by atoms with van der Waals surface area (Å²) in [5, 5.41) is 4.52. The highest BCUT2D eigenvalue weighted by Crippen LogP contribution is 2.30. The molecule has 0 spiro atoms. The fourth-order valence-electron chi connectivity index (χ4n) is 3.69. The molecule has 3 atom stereocenters. The second-order valence-electron chi connectivity index (χ2n) is 6.97. The fourth-order valence-corrected chi connectivity index (χ4v) is 3.69. The lowest BCUT2D eigenvalue weighted by Gasteiger charge is -2.34. The summed E-state index contributed by atoms with van der Waals surface area (Å²) in [5.74, 6) is 1.28. The third kappa shape index (κ3) is 3.48. The highest BCUT2D eigenvalue weighted by atomic mass is 16.3. The summed E-state index contributed by atoms with van der Waals surface area (Å²) in [6.45, 7) is 8.06. The van der Waals surface area contributed by atoms with E-state index in [0.717, 1.165) is 49.1 Å². The van der Waals surface area contributed by atoms with Gasteiger partial charge in [-0.25, -0.2) is 0 Å². The molecule has 2 aromatic rings. The van der Waals surface area contributed by atoms with Gasteiger partial charge < -0.3 is 14.6 Å². The van der Waals surface area contributed by atoms with Crippen molar-refractivity contribution in [3.63, 3.8) is 0 Å². The van der Waals surface area contributed by atoms with Crippen molar-refractivity contribution in [1.29, 1.82) is 0 Å². The minimum atomic E-state index is -0.0324. The molecule has 130 valence electrons. The van der Waals surface area contributed by atoms with Crippen molar-refractivity contribution in [1.82, 2.24) is 10.2 Å². The number of hydrogen-bond acceptors (Lipinski definition) is 3. The standard InChI is InChI=1S/C20H28N2O2/c1-4-11-22(20(23)17-9-10-21-14(2)12-17)15(3)19-13-16-7-5-6-8-18(16)24-19/h5-8,13-15,17,21H,4,9-12H2,1-3H3/t14-,15?,17-/m0/s1. The van der Waals surface area contributed by atoms with E-state index in [4.69, 9.17) is 4.42 Å². The lowest BCUT2D eigenvalue weighted by molar-refractivity contribution is -0.139. The summed E-state index contributed by atoms with van der Waals surface area (Å²) in [6, 6.07) is 10.5. The minimum Gasteiger partial charge on any atom is -0.459 e. The van der Waals surface area contributed by atoms with Crippen LogP contribution in [0.25, 0.3) is 11.0 Å². The minimum absolute atomic E-state index is 0.0324. The van der Waals surface area contributed by atoms with Gasteiger partial charge in [0.05, 0.1) is 6.04 Å². The Kier molecular flexibility index (Phi) is 5.24. The Morgan fingerprint density at radius 1 is 1.42 bits per heavy atom. The molecule has 1 fully saturated rings. The van der Waals surface area contributed by atoms with Crippen molar-refractivity contribution in [2.24, 2.45) is 5.92 Å². The molecule has 4 nitrogen and oxygen atoms in total. The molecule has 1 amide bonds. The summed E-state index contributed by atoms with van der Waals surface area (Å²) in [4.78, 5) is 15.1. The predicted molar refractivity (Wildman–Crippen MR) is 96.8 cm³/mol. The Bertz CT molecular complexity index is 661. The van der Waals surface area contributed by atoms with E-state index in [9.17, 15) is 4.79 Å². The Hall–Kier alpha value is -1.81. The van der Waals surface area contributed by atoms with E-state index in [2.05, 4.69) is 38.2 Å². The molecule has 1 aromatic carbocycles. The van der Waals surface area contributed by atoms with Crippen LogP contribution in [-0.4, -0.2) is 29.9 Å². The molecule has 0 aliphatic carbocycles. The topological polar surface area (TPSA) is 45.5 Å². The van der Waals surface area contributed by atoms with Gasteiger partial charge in [-0.3, -0.25) is 4.79 Å². The molecule has 3 rings (SSSR count). The van der Waals surface area contributed by atoms with Crippen LogP contribution in [0.15, 0.2) is 34.7 Å². The van der Waals surface area contributed by atoms with Crippen molar-refractivity contribution >= 4 is 16.9 Å². The molecule has 1 unspecified atom stereocenters. The van der Waals surface area contributed by atoms with Crippen LogP contribution in [0.3, 0.4) is 0 Å². The molecule has 2 heterocycles. The third-order valence-electron chi connectivity index (χ3n) is 5.04. The van der Waals surface area contributed by atoms with Gasteiger partial charge in [-0.05, 0) is 51.8 Å². The van der Waals surface area contributed by atoms with Gasteiger partial charge in [-0.1, -0.05) is 25.1 Å². The molecular formula is C20H28N2O2. The zero-order valence-electron chi connectivity index (χ0n) is 14.9. The van der Waals surface area contributed by atoms with Gasteiger partial charge in [-0.2, -0.15) is 0 Å². The van der Waals surface area contributed by atoms with Gasteiger partial charge in [0.25, 0.3) is 0 Å². The maximum atomic E-state index is 13.1. The molecule has 24 heavy (non-hydrogen) atoms. The molecule has 4 heteroatoms. The molecule has 0 radical (unpaired) electrons. The summed E-state index contributed by atoms with van der Waals surface area (Å²) in [5.41, 5.74) is 0.888. The molecule has 1 aromatic heterocycles. The number of nitrogens with zero attached hydrogens (tertiary/aromatic N) is 1. The number of carbonyl (C=O) groups is 1. The number of rotatable bonds is 5. The number of hydrogen-bond donors (Lipinski definition) is 1. The fraction of sp³-hybridized carbons (Fsp3) is 0.550. The number of piperidine rings is 1. The van der Waals surface area contributed by atoms with Gasteiger partial charge in [-0.15, -0.1) is 0 Å². The first-order valence-electron chi connectivity index (χ1n) is 9.12. The van der Waals surface area contributed by atoms with E-state index in [0.29, 0.717) is 6.04 Å². The van der Waals surface area contributed by atoms with Crippen molar-refractivity contribution in [3.8, 4) is 0 Å². The van der Waals surface area contributed by atoms with Gasteiger partial charge in [0.2, 0.25) is 5.91 Å². The highest BCUT2D eigenvalue weighted by Gasteiger charge is 2.31. The number of furan rings is 1. The van der Waals surface area contributed by atoms with E-state index >= 15 is 0 Å². The molecule has 1 aliphatic heterocycles. The van der Waals surface area contributed by atoms with Crippen molar-refractivity contribution in [2.45, 2.75) is 52.1 Å². The molecule has 1 N–H and O–H groups in total. The number of amides is 1. The third-order valence-corrected chi connectivity index (χ3v) is 5.04. The van der Waals surface area contributed by atoms with Gasteiger partial charge >= 0.3 is 0 Å². The van der Waals surface area contributed by atoms with E-state index in [-0.39, 0.29) is 17.9 Å². The Morgan fingerprint density at radius 3 is 2.92 bits per heavy atom. The lowest BCUT2D eigenvalue weighted by atomic mass is 9.91. The first-order chi connectivity index (χ1) is 11.6. The second-order valence-corrected chi connectivity index (χ2v) is 6.97. The van der Waals surface area contributed by atoms with Crippen LogP contribution >= 0.6 is 0 Å². The van der Waals surface area contributed by atoms with E-state index in [1.807, 2.05) is 23.1 Å². The average Bonchev–Trinajstić information content (AvgIpc) is 3.02. The molecular weight excluding hydrogens is 300 g/mol. The molecule has 1 aliphatic rings. The van der Waals surface area contributed by atoms with E-state index in [1.54, 1.807) is 0 Å². The van der Waals surface area contributed by atoms with Crippen LogP contribution in [0.1, 0.15) is 51.8 Å². The van der Waals surface area contributed by atoms with Gasteiger partial charge in [0.1, 0.15) is 11.3 Å². The highest BCUT2D eigenvalue weighted by molar-refractivity contribution is 5.80. The van der Waals surface area contributed by atoms with Crippen LogP contribution < -0.4 is 5.32 Å². The quantitative estimate of drug-likeness (QED) is 0.898. The first kappa shape index (κ1) is 17.0. The zero-order valence-corrected chi connectivity index (χ0v) is 14.9. The number of benzene rings is 1.